The molecule has 1 heterocycles. The fourth-order valence-corrected chi connectivity index (χ4v) is 1.62. The number of carbonyl (C=O) groups is 1. The molecule has 0 amide bonds. The van der Waals surface area contributed by atoms with Crippen molar-refractivity contribution in [3.8, 4) is 17.0 Å². The van der Waals surface area contributed by atoms with Gasteiger partial charge >= 0.3 is 0 Å². The monoisotopic (exact) mass is 242 g/mol. The Morgan fingerprint density at radius 1 is 1.11 bits per heavy atom. The van der Waals surface area contributed by atoms with E-state index in [4.69, 9.17) is 4.74 Å². The second kappa shape index (κ2) is 5.91. The number of aromatic nitrogens is 2. The van der Waals surface area contributed by atoms with Crippen molar-refractivity contribution in [3.63, 3.8) is 0 Å². The van der Waals surface area contributed by atoms with Crippen molar-refractivity contribution >= 4 is 6.29 Å². The first kappa shape index (κ1) is 12.2. The van der Waals surface area contributed by atoms with Crippen molar-refractivity contribution in [1.29, 1.82) is 0 Å². The van der Waals surface area contributed by atoms with Gasteiger partial charge in [-0.05, 0) is 42.8 Å². The van der Waals surface area contributed by atoms with E-state index in [9.17, 15) is 4.79 Å². The summed E-state index contributed by atoms with van der Waals surface area (Å²) in [4.78, 5) is 10.3. The fraction of sp³-hybridized carbons (Fsp3) is 0.214. The predicted molar refractivity (Wildman–Crippen MR) is 68.4 cm³/mol. The lowest BCUT2D eigenvalue weighted by atomic mass is 10.1. The number of carbonyl (C=O) groups excluding carboxylic acids is 1. The summed E-state index contributed by atoms with van der Waals surface area (Å²) in [5, 5.41) is 8.25. The van der Waals surface area contributed by atoms with E-state index in [0.717, 1.165) is 29.0 Å². The predicted octanol–water partition coefficient (Wildman–Crippen LogP) is 2.28. The zero-order valence-electron chi connectivity index (χ0n) is 10.2. The third-order valence-corrected chi connectivity index (χ3v) is 2.62. The van der Waals surface area contributed by atoms with Crippen molar-refractivity contribution in [3.05, 3.63) is 42.1 Å². The molecule has 0 spiro atoms. The molecule has 0 saturated carbocycles. The molecular formula is C14H14N2O2. The van der Waals surface area contributed by atoms with Crippen LogP contribution in [0.25, 0.3) is 11.3 Å². The maximum Gasteiger partial charge on any atom is 0.120 e. The van der Waals surface area contributed by atoms with Crippen LogP contribution in [0, 0.1) is 0 Å². The van der Waals surface area contributed by atoms with Gasteiger partial charge in [-0.15, -0.1) is 0 Å². The highest BCUT2D eigenvalue weighted by Crippen LogP contribution is 2.20. The summed E-state index contributed by atoms with van der Waals surface area (Å²) in [6.07, 6.45) is 2.01. The standard InChI is InChI=1S/C14H14N2O2/c1-18-13-7-4-11(5-8-13)14-9-6-12(15-16-14)3-2-10-17/h4-10H,2-3H2,1H3. The van der Waals surface area contributed by atoms with Crippen LogP contribution in [0.3, 0.4) is 0 Å². The van der Waals surface area contributed by atoms with Gasteiger partial charge in [-0.1, -0.05) is 0 Å². The van der Waals surface area contributed by atoms with Gasteiger partial charge in [-0.2, -0.15) is 10.2 Å². The number of ether oxygens (including phenoxy) is 1. The molecule has 0 bridgehead atoms. The Morgan fingerprint density at radius 3 is 2.44 bits per heavy atom. The minimum Gasteiger partial charge on any atom is -0.497 e. The highest BCUT2D eigenvalue weighted by Gasteiger charge is 2.01. The summed E-state index contributed by atoms with van der Waals surface area (Å²) < 4.78 is 5.10. The van der Waals surface area contributed by atoms with Gasteiger partial charge in [0.05, 0.1) is 18.5 Å². The minimum absolute atomic E-state index is 0.483. The topological polar surface area (TPSA) is 52.1 Å². The average molecular weight is 242 g/mol. The Labute approximate surface area is 106 Å². The molecule has 0 fully saturated rings. The third kappa shape index (κ3) is 2.91. The molecule has 4 heteroatoms. The lowest BCUT2D eigenvalue weighted by Gasteiger charge is -2.03. The maximum absolute atomic E-state index is 10.3. The number of hydrogen-bond donors (Lipinski definition) is 0. The van der Waals surface area contributed by atoms with Crippen LogP contribution < -0.4 is 4.74 Å². The SMILES string of the molecule is COc1ccc(-c2ccc(CCC=O)nn2)cc1. The Kier molecular flexibility index (Phi) is 4.02. The number of benzene rings is 1. The Morgan fingerprint density at radius 2 is 1.89 bits per heavy atom. The van der Waals surface area contributed by atoms with Gasteiger partial charge in [0.2, 0.25) is 0 Å². The maximum atomic E-state index is 10.3. The number of aldehydes is 1. The first-order valence-corrected chi connectivity index (χ1v) is 5.74. The van der Waals surface area contributed by atoms with Gasteiger partial charge in [-0.3, -0.25) is 0 Å². The van der Waals surface area contributed by atoms with Gasteiger partial charge < -0.3 is 9.53 Å². The van der Waals surface area contributed by atoms with Crippen LogP contribution in [0.4, 0.5) is 0 Å². The average Bonchev–Trinajstić information content (AvgIpc) is 2.46. The van der Waals surface area contributed by atoms with Crippen LogP contribution in [0.2, 0.25) is 0 Å². The number of hydrogen-bond acceptors (Lipinski definition) is 4. The van der Waals surface area contributed by atoms with Crippen LogP contribution >= 0.6 is 0 Å². The van der Waals surface area contributed by atoms with E-state index in [1.165, 1.54) is 0 Å². The van der Waals surface area contributed by atoms with Crippen molar-refractivity contribution in [2.75, 3.05) is 7.11 Å². The zero-order valence-corrected chi connectivity index (χ0v) is 10.2. The number of rotatable bonds is 5. The quantitative estimate of drug-likeness (QED) is 0.755. The smallest absolute Gasteiger partial charge is 0.120 e. The molecule has 2 aromatic rings. The van der Waals surface area contributed by atoms with E-state index in [1.54, 1.807) is 7.11 Å². The van der Waals surface area contributed by atoms with Crippen LogP contribution in [0.15, 0.2) is 36.4 Å². The zero-order chi connectivity index (χ0) is 12.8. The molecule has 0 radical (unpaired) electrons. The third-order valence-electron chi connectivity index (χ3n) is 2.62. The molecule has 1 aromatic heterocycles. The van der Waals surface area contributed by atoms with E-state index < -0.39 is 0 Å². The van der Waals surface area contributed by atoms with E-state index in [2.05, 4.69) is 10.2 Å². The molecule has 0 aliphatic heterocycles. The summed E-state index contributed by atoms with van der Waals surface area (Å²) in [7, 11) is 1.64. The first-order chi connectivity index (χ1) is 8.83. The summed E-state index contributed by atoms with van der Waals surface area (Å²) in [5.41, 5.74) is 2.64. The largest absolute Gasteiger partial charge is 0.497 e. The number of nitrogens with zero attached hydrogens (tertiary/aromatic N) is 2. The number of aryl methyl sites for hydroxylation is 1. The summed E-state index contributed by atoms with van der Waals surface area (Å²) >= 11 is 0. The lowest BCUT2D eigenvalue weighted by molar-refractivity contribution is -0.107. The minimum atomic E-state index is 0.483. The summed E-state index contributed by atoms with van der Waals surface area (Å²) in [6.45, 7) is 0. The van der Waals surface area contributed by atoms with Gasteiger partial charge in [0, 0.05) is 12.0 Å². The summed E-state index contributed by atoms with van der Waals surface area (Å²) in [6, 6.07) is 11.5. The molecule has 92 valence electrons. The normalized spacial score (nSPS) is 10.1. The molecule has 1 aromatic carbocycles. The van der Waals surface area contributed by atoms with E-state index >= 15 is 0 Å². The molecule has 0 N–H and O–H groups in total. The molecule has 0 atom stereocenters. The van der Waals surface area contributed by atoms with E-state index in [1.807, 2.05) is 36.4 Å². The van der Waals surface area contributed by atoms with Gasteiger partial charge in [0.1, 0.15) is 12.0 Å². The fourth-order valence-electron chi connectivity index (χ4n) is 1.62. The van der Waals surface area contributed by atoms with Crippen molar-refractivity contribution in [2.45, 2.75) is 12.8 Å². The van der Waals surface area contributed by atoms with Gasteiger partial charge in [0.15, 0.2) is 0 Å². The molecule has 0 unspecified atom stereocenters. The highest BCUT2D eigenvalue weighted by atomic mass is 16.5. The molecule has 0 aliphatic rings. The van der Waals surface area contributed by atoms with Crippen LogP contribution in [-0.4, -0.2) is 23.6 Å². The Bertz CT molecular complexity index is 506. The molecule has 18 heavy (non-hydrogen) atoms. The van der Waals surface area contributed by atoms with Crippen LogP contribution in [-0.2, 0) is 11.2 Å². The van der Waals surface area contributed by atoms with Crippen molar-refractivity contribution in [1.82, 2.24) is 10.2 Å². The van der Waals surface area contributed by atoms with Crippen LogP contribution in [0.1, 0.15) is 12.1 Å². The molecule has 2 rings (SSSR count). The lowest BCUT2D eigenvalue weighted by Crippen LogP contribution is -1.95. The Balaban J connectivity index is 2.14. The molecule has 0 aliphatic carbocycles. The second-order valence-corrected chi connectivity index (χ2v) is 3.84. The van der Waals surface area contributed by atoms with Crippen molar-refractivity contribution in [2.24, 2.45) is 0 Å². The van der Waals surface area contributed by atoms with Crippen molar-refractivity contribution < 1.29 is 9.53 Å². The molecule has 0 saturated heterocycles. The molecular weight excluding hydrogens is 228 g/mol. The van der Waals surface area contributed by atoms with Crippen LogP contribution in [0.5, 0.6) is 5.75 Å². The van der Waals surface area contributed by atoms with Gasteiger partial charge in [0.25, 0.3) is 0 Å². The first-order valence-electron chi connectivity index (χ1n) is 5.74. The van der Waals surface area contributed by atoms with E-state index in [-0.39, 0.29) is 0 Å². The summed E-state index contributed by atoms with van der Waals surface area (Å²) in [5.74, 6) is 0.814. The second-order valence-electron chi connectivity index (χ2n) is 3.84. The Hall–Kier alpha value is -2.23. The van der Waals surface area contributed by atoms with Gasteiger partial charge in [-0.25, -0.2) is 0 Å². The molecule has 4 nitrogen and oxygen atoms in total. The van der Waals surface area contributed by atoms with E-state index in [0.29, 0.717) is 12.8 Å². The highest BCUT2D eigenvalue weighted by molar-refractivity contribution is 5.59. The number of methoxy groups -OCH3 is 1.